The maximum Gasteiger partial charge on any atom is 0.278 e. The van der Waals surface area contributed by atoms with Crippen LogP contribution >= 0.6 is 11.3 Å². The summed E-state index contributed by atoms with van der Waals surface area (Å²) in [6.45, 7) is 3.06. The summed E-state index contributed by atoms with van der Waals surface area (Å²) in [4.78, 5) is 20.1. The van der Waals surface area contributed by atoms with Gasteiger partial charge in [0, 0.05) is 37.4 Å². The topological polar surface area (TPSA) is 54.5 Å². The van der Waals surface area contributed by atoms with Gasteiger partial charge in [0.15, 0.2) is 6.61 Å². The normalized spacial score (nSPS) is 24.6. The van der Waals surface area contributed by atoms with Gasteiger partial charge in [0.05, 0.1) is 5.69 Å². The Morgan fingerprint density at radius 3 is 2.61 bits per heavy atom. The van der Waals surface area contributed by atoms with Crippen LogP contribution < -0.4 is 10.1 Å². The molecule has 1 N–H and O–H groups in total. The van der Waals surface area contributed by atoms with Gasteiger partial charge in [-0.15, -0.1) is 0 Å². The molecule has 0 bridgehead atoms. The molecule has 2 aliphatic carbocycles. The van der Waals surface area contributed by atoms with Gasteiger partial charge in [-0.3, -0.25) is 9.69 Å². The van der Waals surface area contributed by atoms with E-state index in [1.54, 1.807) is 0 Å². The van der Waals surface area contributed by atoms with E-state index < -0.39 is 12.5 Å². The number of carbonyl (C=O) groups is 1. The first-order valence-electron chi connectivity index (χ1n) is 11.8. The standard InChI is InChI=1S/C23H35F2N3O2S/c1-23(24,25)15-30-22-27-19-14-28(13-11-20(19)31-22)12-10-17-4-7-18(8-5-17)26-21(29)9-6-16-2-3-16/h16-18H,2-15H2,1H3,(H,26,29)/t17-,18-. The van der Waals surface area contributed by atoms with Crippen LogP contribution in [0, 0.1) is 11.8 Å². The van der Waals surface area contributed by atoms with Gasteiger partial charge in [0.2, 0.25) is 5.91 Å². The molecule has 1 aromatic rings. The molecule has 0 atom stereocenters. The summed E-state index contributed by atoms with van der Waals surface area (Å²) in [5, 5.41) is 3.61. The number of aromatic nitrogens is 1. The van der Waals surface area contributed by atoms with Crippen LogP contribution in [0.4, 0.5) is 8.78 Å². The first-order chi connectivity index (χ1) is 14.8. The third-order valence-electron chi connectivity index (χ3n) is 6.78. The molecular weight excluding hydrogens is 420 g/mol. The molecule has 1 amide bonds. The largest absolute Gasteiger partial charge is 0.464 e. The maximum atomic E-state index is 13.0. The molecule has 0 unspecified atom stereocenters. The molecule has 0 radical (unpaired) electrons. The number of rotatable bonds is 10. The number of nitrogens with one attached hydrogen (secondary N) is 1. The summed E-state index contributed by atoms with van der Waals surface area (Å²) in [5.41, 5.74) is 0.989. The summed E-state index contributed by atoms with van der Waals surface area (Å²) >= 11 is 1.41. The van der Waals surface area contributed by atoms with E-state index in [4.69, 9.17) is 4.74 Å². The van der Waals surface area contributed by atoms with E-state index >= 15 is 0 Å². The van der Waals surface area contributed by atoms with Crippen molar-refractivity contribution in [2.75, 3.05) is 19.7 Å². The van der Waals surface area contributed by atoms with Gasteiger partial charge in [0.1, 0.15) is 0 Å². The lowest BCUT2D eigenvalue weighted by atomic mass is 9.84. The first-order valence-corrected chi connectivity index (χ1v) is 12.7. The number of hydrogen-bond acceptors (Lipinski definition) is 5. The lowest BCUT2D eigenvalue weighted by Crippen LogP contribution is -2.38. The van der Waals surface area contributed by atoms with Crippen molar-refractivity contribution < 1.29 is 18.3 Å². The van der Waals surface area contributed by atoms with Crippen molar-refractivity contribution in [3.8, 4) is 5.19 Å². The molecule has 4 rings (SSSR count). The van der Waals surface area contributed by atoms with Crippen LogP contribution in [0.1, 0.15) is 75.3 Å². The summed E-state index contributed by atoms with van der Waals surface area (Å²) in [6, 6.07) is 0.365. The van der Waals surface area contributed by atoms with E-state index in [2.05, 4.69) is 15.2 Å². The Hall–Kier alpha value is -1.28. The zero-order valence-electron chi connectivity index (χ0n) is 18.5. The lowest BCUT2D eigenvalue weighted by Gasteiger charge is -2.32. The molecule has 174 valence electrons. The zero-order valence-corrected chi connectivity index (χ0v) is 19.3. The number of amides is 1. The highest BCUT2D eigenvalue weighted by Crippen LogP contribution is 2.34. The number of alkyl halides is 2. The minimum atomic E-state index is -2.84. The van der Waals surface area contributed by atoms with Crippen molar-refractivity contribution >= 4 is 17.2 Å². The summed E-state index contributed by atoms with van der Waals surface area (Å²) in [6.07, 6.45) is 11.0. The molecule has 3 aliphatic rings. The number of hydrogen-bond donors (Lipinski definition) is 1. The van der Waals surface area contributed by atoms with Gasteiger partial charge >= 0.3 is 0 Å². The van der Waals surface area contributed by atoms with Crippen LogP contribution in [0.25, 0.3) is 0 Å². The fraction of sp³-hybridized carbons (Fsp3) is 0.826. The average Bonchev–Trinajstić information content (AvgIpc) is 3.47. The predicted molar refractivity (Wildman–Crippen MR) is 118 cm³/mol. The minimum absolute atomic E-state index is 0.244. The van der Waals surface area contributed by atoms with E-state index in [1.165, 1.54) is 48.3 Å². The Labute approximate surface area is 187 Å². The number of ether oxygens (including phenoxy) is 1. The third kappa shape index (κ3) is 7.38. The molecule has 8 heteroatoms. The van der Waals surface area contributed by atoms with Crippen LogP contribution in [0.2, 0.25) is 0 Å². The SMILES string of the molecule is CC(F)(F)COc1nc2c(s1)CCN(CC[C@H]1CC[C@H](NC(=O)CCC3CC3)CC1)C2. The van der Waals surface area contributed by atoms with Gasteiger partial charge in [-0.05, 0) is 63.3 Å². The Bertz CT molecular complexity index is 740. The highest BCUT2D eigenvalue weighted by atomic mass is 32.1. The minimum Gasteiger partial charge on any atom is -0.464 e. The van der Waals surface area contributed by atoms with Crippen LogP contribution in [0.3, 0.4) is 0 Å². The van der Waals surface area contributed by atoms with Crippen LogP contribution in [0.5, 0.6) is 5.19 Å². The van der Waals surface area contributed by atoms with Crippen molar-refractivity contribution in [3.63, 3.8) is 0 Å². The summed E-state index contributed by atoms with van der Waals surface area (Å²) in [7, 11) is 0. The second-order valence-electron chi connectivity index (χ2n) is 9.79. The van der Waals surface area contributed by atoms with Crippen molar-refractivity contribution in [2.45, 2.75) is 89.6 Å². The number of halogens is 2. The molecule has 2 heterocycles. The molecule has 0 aromatic carbocycles. The number of nitrogens with zero attached hydrogens (tertiary/aromatic N) is 2. The van der Waals surface area contributed by atoms with Crippen molar-refractivity contribution in [1.29, 1.82) is 0 Å². The Kier molecular flexibility index (Phi) is 7.47. The Morgan fingerprint density at radius 2 is 1.90 bits per heavy atom. The fourth-order valence-electron chi connectivity index (χ4n) is 4.67. The van der Waals surface area contributed by atoms with Crippen molar-refractivity contribution in [3.05, 3.63) is 10.6 Å². The molecule has 2 saturated carbocycles. The van der Waals surface area contributed by atoms with E-state index in [1.807, 2.05) is 0 Å². The Morgan fingerprint density at radius 1 is 1.19 bits per heavy atom. The van der Waals surface area contributed by atoms with Gasteiger partial charge in [-0.25, -0.2) is 13.8 Å². The summed E-state index contributed by atoms with van der Waals surface area (Å²) in [5.74, 6) is -1.05. The van der Waals surface area contributed by atoms with Gasteiger partial charge in [-0.2, -0.15) is 0 Å². The van der Waals surface area contributed by atoms with Crippen LogP contribution in [0.15, 0.2) is 0 Å². The molecule has 0 spiro atoms. The monoisotopic (exact) mass is 455 g/mol. The van der Waals surface area contributed by atoms with Gasteiger partial charge < -0.3 is 10.1 Å². The van der Waals surface area contributed by atoms with E-state index in [0.29, 0.717) is 17.7 Å². The third-order valence-corrected chi connectivity index (χ3v) is 7.85. The van der Waals surface area contributed by atoms with Crippen molar-refractivity contribution in [1.82, 2.24) is 15.2 Å². The molecule has 1 aliphatic heterocycles. The molecule has 1 aromatic heterocycles. The Balaban J connectivity index is 1.13. The average molecular weight is 456 g/mol. The van der Waals surface area contributed by atoms with E-state index in [0.717, 1.165) is 69.8 Å². The highest BCUT2D eigenvalue weighted by molar-refractivity contribution is 7.13. The lowest BCUT2D eigenvalue weighted by molar-refractivity contribution is -0.122. The molecule has 2 fully saturated rings. The summed E-state index contributed by atoms with van der Waals surface area (Å²) < 4.78 is 31.2. The second kappa shape index (κ2) is 10.1. The number of fused-ring (bicyclic) bond motifs is 1. The maximum absolute atomic E-state index is 13.0. The molecule has 5 nitrogen and oxygen atoms in total. The van der Waals surface area contributed by atoms with Crippen LogP contribution in [-0.2, 0) is 17.8 Å². The van der Waals surface area contributed by atoms with Crippen LogP contribution in [-0.4, -0.2) is 47.5 Å². The molecular formula is C23H35F2N3O2S. The van der Waals surface area contributed by atoms with E-state index in [-0.39, 0.29) is 5.91 Å². The number of thiazole rings is 1. The van der Waals surface area contributed by atoms with Gasteiger partial charge in [-0.1, -0.05) is 24.2 Å². The first kappa shape index (κ1) is 22.9. The number of carbonyl (C=O) groups excluding carboxylic acids is 1. The highest BCUT2D eigenvalue weighted by Gasteiger charge is 2.27. The molecule has 31 heavy (non-hydrogen) atoms. The van der Waals surface area contributed by atoms with Crippen molar-refractivity contribution in [2.24, 2.45) is 11.8 Å². The predicted octanol–water partition coefficient (Wildman–Crippen LogP) is 4.79. The fourth-order valence-corrected chi connectivity index (χ4v) is 5.58. The quantitative estimate of drug-likeness (QED) is 0.551. The van der Waals surface area contributed by atoms with E-state index in [9.17, 15) is 13.6 Å². The van der Waals surface area contributed by atoms with Gasteiger partial charge in [0.25, 0.3) is 11.1 Å². The second-order valence-corrected chi connectivity index (χ2v) is 10.8. The zero-order chi connectivity index (χ0) is 21.8. The smallest absolute Gasteiger partial charge is 0.278 e. The molecule has 0 saturated heterocycles.